The van der Waals surface area contributed by atoms with Crippen molar-refractivity contribution < 1.29 is 24.5 Å². The van der Waals surface area contributed by atoms with Crippen LogP contribution in [0.4, 0.5) is 5.69 Å². The lowest BCUT2D eigenvalue weighted by molar-refractivity contribution is -0.132. The van der Waals surface area contributed by atoms with Gasteiger partial charge in [0, 0.05) is 11.8 Å². The first kappa shape index (κ1) is 22.1. The largest absolute Gasteiger partial charge is 0.507 e. The number of Topliss-reactive ketones (excluding diaryl/α,β-unsaturated/α-hetero) is 1. The number of aliphatic hydroxyl groups excluding tert-OH is 1. The Kier molecular flexibility index (Phi) is 5.64. The van der Waals surface area contributed by atoms with Crippen LogP contribution in [0.25, 0.3) is 5.76 Å². The van der Waals surface area contributed by atoms with E-state index in [1.54, 1.807) is 62.7 Å². The molecule has 2 N–H and O–H groups in total. The molecule has 33 heavy (non-hydrogen) atoms. The highest BCUT2D eigenvalue weighted by molar-refractivity contribution is 6.51. The van der Waals surface area contributed by atoms with Crippen molar-refractivity contribution in [3.63, 3.8) is 0 Å². The summed E-state index contributed by atoms with van der Waals surface area (Å²) in [5.41, 5.74) is 3.14. The summed E-state index contributed by atoms with van der Waals surface area (Å²) in [7, 11) is 1.56. The molecule has 2 aromatic carbocycles. The maximum absolute atomic E-state index is 13.3. The molecule has 1 fully saturated rings. The lowest BCUT2D eigenvalue weighted by Crippen LogP contribution is -2.30. The first-order chi connectivity index (χ1) is 15.7. The molecule has 0 saturated carbocycles. The molecule has 0 aliphatic carbocycles. The molecule has 0 radical (unpaired) electrons. The number of phenolic OH excluding ortho intramolecular Hbond substituents is 1. The van der Waals surface area contributed by atoms with Crippen molar-refractivity contribution in [2.24, 2.45) is 0 Å². The van der Waals surface area contributed by atoms with E-state index < -0.39 is 17.7 Å². The predicted octanol–water partition coefficient (Wildman–Crippen LogP) is 4.35. The number of aryl methyl sites for hydroxylation is 3. The number of aliphatic hydroxyl groups is 1. The number of rotatable bonds is 4. The molecule has 168 valence electrons. The highest BCUT2D eigenvalue weighted by Gasteiger charge is 2.48. The Morgan fingerprint density at radius 3 is 2.45 bits per heavy atom. The Bertz CT molecular complexity index is 1300. The van der Waals surface area contributed by atoms with Gasteiger partial charge in [-0.05, 0) is 73.9 Å². The number of methoxy groups -OCH3 is 1. The second kappa shape index (κ2) is 8.43. The van der Waals surface area contributed by atoms with E-state index >= 15 is 0 Å². The second-order valence-electron chi connectivity index (χ2n) is 8.05. The van der Waals surface area contributed by atoms with Crippen LogP contribution in [0.2, 0.25) is 0 Å². The minimum atomic E-state index is -1.01. The Labute approximate surface area is 191 Å². The lowest BCUT2D eigenvalue weighted by atomic mass is 9.95. The number of pyridine rings is 1. The van der Waals surface area contributed by atoms with Gasteiger partial charge in [-0.15, -0.1) is 0 Å². The monoisotopic (exact) mass is 444 g/mol. The molecule has 0 bridgehead atoms. The van der Waals surface area contributed by atoms with Crippen LogP contribution in [0.5, 0.6) is 11.5 Å². The van der Waals surface area contributed by atoms with E-state index in [1.165, 1.54) is 11.0 Å². The molecule has 1 amide bonds. The number of anilines is 1. The molecule has 1 aromatic heterocycles. The number of carbonyl (C=O) groups is 2. The van der Waals surface area contributed by atoms with Crippen LogP contribution in [0, 0.1) is 20.8 Å². The van der Waals surface area contributed by atoms with Crippen LogP contribution < -0.4 is 9.64 Å². The first-order valence-electron chi connectivity index (χ1n) is 10.4. The average Bonchev–Trinajstić information content (AvgIpc) is 3.07. The average molecular weight is 444 g/mol. The molecule has 1 atom stereocenters. The molecular formula is C26H24N2O5. The van der Waals surface area contributed by atoms with Gasteiger partial charge in [0.1, 0.15) is 23.3 Å². The number of hydrogen-bond acceptors (Lipinski definition) is 6. The van der Waals surface area contributed by atoms with Gasteiger partial charge in [-0.25, -0.2) is 0 Å². The number of benzene rings is 2. The highest BCUT2D eigenvalue weighted by Crippen LogP contribution is 2.44. The van der Waals surface area contributed by atoms with Crippen molar-refractivity contribution in [3.05, 3.63) is 88.2 Å². The SMILES string of the molecule is COc1cc(C)c(/C(O)=C2\C(=O)C(=O)N(c3cc(C)ccc3O)C2c2ccccn2)cc1C. The number of carbonyl (C=O) groups excluding carboxylic acids is 2. The number of amides is 1. The zero-order chi connectivity index (χ0) is 23.9. The molecule has 1 aliphatic heterocycles. The molecule has 1 unspecified atom stereocenters. The van der Waals surface area contributed by atoms with Crippen LogP contribution in [-0.4, -0.2) is 34.0 Å². The molecule has 2 heterocycles. The number of aromatic hydroxyl groups is 1. The van der Waals surface area contributed by atoms with E-state index in [-0.39, 0.29) is 22.8 Å². The van der Waals surface area contributed by atoms with Crippen LogP contribution in [0.15, 0.2) is 60.3 Å². The number of ketones is 1. The number of hydrogen-bond donors (Lipinski definition) is 2. The molecular weight excluding hydrogens is 420 g/mol. The molecule has 1 aliphatic rings. The predicted molar refractivity (Wildman–Crippen MR) is 124 cm³/mol. The van der Waals surface area contributed by atoms with Gasteiger partial charge < -0.3 is 14.9 Å². The molecule has 0 spiro atoms. The minimum Gasteiger partial charge on any atom is -0.507 e. The third-order valence-corrected chi connectivity index (χ3v) is 5.80. The van der Waals surface area contributed by atoms with E-state index in [0.717, 1.165) is 11.1 Å². The fourth-order valence-electron chi connectivity index (χ4n) is 4.13. The number of nitrogens with zero attached hydrogens (tertiary/aromatic N) is 2. The van der Waals surface area contributed by atoms with Gasteiger partial charge in [0.05, 0.1) is 24.1 Å². The Balaban J connectivity index is 1.99. The third-order valence-electron chi connectivity index (χ3n) is 5.80. The van der Waals surface area contributed by atoms with E-state index in [0.29, 0.717) is 22.6 Å². The van der Waals surface area contributed by atoms with E-state index in [1.807, 2.05) is 13.8 Å². The summed E-state index contributed by atoms with van der Waals surface area (Å²) in [4.78, 5) is 32.0. The highest BCUT2D eigenvalue weighted by atomic mass is 16.5. The first-order valence-corrected chi connectivity index (χ1v) is 10.4. The number of phenols is 1. The van der Waals surface area contributed by atoms with Crippen molar-refractivity contribution in [2.45, 2.75) is 26.8 Å². The molecule has 3 aromatic rings. The molecule has 1 saturated heterocycles. The topological polar surface area (TPSA) is 100.0 Å². The smallest absolute Gasteiger partial charge is 0.300 e. The summed E-state index contributed by atoms with van der Waals surface area (Å²) in [6.07, 6.45) is 1.55. The summed E-state index contributed by atoms with van der Waals surface area (Å²) in [5, 5.41) is 21.9. The third kappa shape index (κ3) is 3.71. The summed E-state index contributed by atoms with van der Waals surface area (Å²) in [6, 6.07) is 12.4. The molecule has 4 rings (SSSR count). The summed E-state index contributed by atoms with van der Waals surface area (Å²) in [6.45, 7) is 5.43. The maximum Gasteiger partial charge on any atom is 0.300 e. The van der Waals surface area contributed by atoms with Crippen LogP contribution in [0.3, 0.4) is 0 Å². The van der Waals surface area contributed by atoms with Crippen molar-refractivity contribution in [3.8, 4) is 11.5 Å². The Morgan fingerprint density at radius 2 is 1.79 bits per heavy atom. The fraction of sp³-hybridized carbons (Fsp3) is 0.192. The van der Waals surface area contributed by atoms with Crippen molar-refractivity contribution >= 4 is 23.1 Å². The summed E-state index contributed by atoms with van der Waals surface area (Å²) in [5.74, 6) is -1.51. The van der Waals surface area contributed by atoms with E-state index in [4.69, 9.17) is 4.74 Å². The Morgan fingerprint density at radius 1 is 1.03 bits per heavy atom. The number of aromatic nitrogens is 1. The maximum atomic E-state index is 13.3. The summed E-state index contributed by atoms with van der Waals surface area (Å²) >= 11 is 0. The van der Waals surface area contributed by atoms with Gasteiger partial charge in [0.15, 0.2) is 0 Å². The quantitative estimate of drug-likeness (QED) is 0.353. The van der Waals surface area contributed by atoms with Crippen molar-refractivity contribution in [1.82, 2.24) is 4.98 Å². The van der Waals surface area contributed by atoms with Crippen LogP contribution in [-0.2, 0) is 9.59 Å². The van der Waals surface area contributed by atoms with Gasteiger partial charge in [-0.2, -0.15) is 0 Å². The van der Waals surface area contributed by atoms with Crippen LogP contribution >= 0.6 is 0 Å². The lowest BCUT2D eigenvalue weighted by Gasteiger charge is -2.25. The standard InChI is InChI=1S/C26H24N2O5/c1-14-8-9-20(29)19(11-14)28-23(18-7-5-6-10-27-18)22(25(31)26(28)32)24(30)17-12-16(3)21(33-4)13-15(17)2/h5-13,23,29-30H,1-4H3/b24-22+. The number of ether oxygens (including phenoxy) is 1. The summed E-state index contributed by atoms with van der Waals surface area (Å²) < 4.78 is 5.35. The van der Waals surface area contributed by atoms with E-state index in [9.17, 15) is 19.8 Å². The Hall–Kier alpha value is -4.13. The molecule has 7 heteroatoms. The zero-order valence-electron chi connectivity index (χ0n) is 18.8. The normalized spacial score (nSPS) is 17.5. The fourth-order valence-corrected chi connectivity index (χ4v) is 4.13. The van der Waals surface area contributed by atoms with E-state index in [2.05, 4.69) is 4.98 Å². The molecule has 7 nitrogen and oxygen atoms in total. The van der Waals surface area contributed by atoms with Gasteiger partial charge in [-0.3, -0.25) is 19.5 Å². The van der Waals surface area contributed by atoms with Gasteiger partial charge in [-0.1, -0.05) is 12.1 Å². The minimum absolute atomic E-state index is 0.0905. The van der Waals surface area contributed by atoms with Crippen LogP contribution in [0.1, 0.15) is 34.0 Å². The zero-order valence-corrected chi connectivity index (χ0v) is 18.8. The van der Waals surface area contributed by atoms with Gasteiger partial charge in [0.25, 0.3) is 11.7 Å². The van der Waals surface area contributed by atoms with Crippen molar-refractivity contribution in [2.75, 3.05) is 12.0 Å². The van der Waals surface area contributed by atoms with Gasteiger partial charge >= 0.3 is 0 Å². The second-order valence-corrected chi connectivity index (χ2v) is 8.05. The van der Waals surface area contributed by atoms with Crippen molar-refractivity contribution in [1.29, 1.82) is 0 Å². The van der Waals surface area contributed by atoms with Gasteiger partial charge in [0.2, 0.25) is 0 Å².